The molecule has 3 aromatic rings. The van der Waals surface area contributed by atoms with Crippen LogP contribution < -0.4 is 4.74 Å². The predicted molar refractivity (Wildman–Crippen MR) is 86.1 cm³/mol. The molecule has 112 valence electrons. The highest BCUT2D eigenvalue weighted by Gasteiger charge is 2.13. The number of ether oxygens (including phenoxy) is 2. The van der Waals surface area contributed by atoms with Crippen LogP contribution in [0.15, 0.2) is 42.6 Å². The Labute approximate surface area is 128 Å². The van der Waals surface area contributed by atoms with Crippen LogP contribution in [-0.4, -0.2) is 24.7 Å². The quantitative estimate of drug-likeness (QED) is 0.546. The molecule has 0 fully saturated rings. The molecule has 0 atom stereocenters. The molecule has 0 unspecified atom stereocenters. The number of carbonyl (C=O) groups excluding carboxylic acids is 1. The number of aromatic nitrogens is 1. The van der Waals surface area contributed by atoms with Crippen LogP contribution in [0.1, 0.15) is 12.5 Å². The summed E-state index contributed by atoms with van der Waals surface area (Å²) in [5, 5.41) is 2.95. The van der Waals surface area contributed by atoms with Crippen molar-refractivity contribution in [2.45, 2.75) is 13.3 Å². The monoisotopic (exact) mass is 295 g/mol. The number of fused-ring (bicyclic) bond motifs is 3. The van der Waals surface area contributed by atoms with E-state index in [1.165, 1.54) is 0 Å². The van der Waals surface area contributed by atoms with Gasteiger partial charge in [-0.1, -0.05) is 24.3 Å². The summed E-state index contributed by atoms with van der Waals surface area (Å²) >= 11 is 0. The van der Waals surface area contributed by atoms with Gasteiger partial charge in [0.15, 0.2) is 0 Å². The maximum absolute atomic E-state index is 11.8. The molecular formula is C18H17NO3. The van der Waals surface area contributed by atoms with E-state index in [4.69, 9.17) is 9.47 Å². The molecule has 0 aliphatic carbocycles. The Morgan fingerprint density at radius 2 is 1.91 bits per heavy atom. The molecule has 0 radical (unpaired) electrons. The van der Waals surface area contributed by atoms with Crippen LogP contribution in [-0.2, 0) is 16.0 Å². The minimum Gasteiger partial charge on any atom is -0.496 e. The standard InChI is InChI=1S/C18H17NO3/c1-3-22-17(20)10-12-8-9-19-18-14-7-5-4-6-13(14)16(21-2)11-15(12)18/h4-9,11H,3,10H2,1-2H3. The van der Waals surface area contributed by atoms with Crippen molar-refractivity contribution >= 4 is 27.6 Å². The number of carbonyl (C=O) groups is 1. The van der Waals surface area contributed by atoms with Crippen LogP contribution in [0.3, 0.4) is 0 Å². The van der Waals surface area contributed by atoms with Gasteiger partial charge in [-0.15, -0.1) is 0 Å². The second kappa shape index (κ2) is 6.02. The van der Waals surface area contributed by atoms with Crippen molar-refractivity contribution in [3.63, 3.8) is 0 Å². The van der Waals surface area contributed by atoms with Crippen molar-refractivity contribution in [1.82, 2.24) is 4.98 Å². The molecule has 0 saturated heterocycles. The van der Waals surface area contributed by atoms with Crippen molar-refractivity contribution in [1.29, 1.82) is 0 Å². The van der Waals surface area contributed by atoms with Crippen LogP contribution in [0.25, 0.3) is 21.7 Å². The number of hydrogen-bond donors (Lipinski definition) is 0. The van der Waals surface area contributed by atoms with Gasteiger partial charge in [0.1, 0.15) is 5.75 Å². The third-order valence-corrected chi connectivity index (χ3v) is 3.66. The smallest absolute Gasteiger partial charge is 0.310 e. The summed E-state index contributed by atoms with van der Waals surface area (Å²) in [5.41, 5.74) is 1.77. The summed E-state index contributed by atoms with van der Waals surface area (Å²) in [7, 11) is 1.65. The molecule has 3 rings (SSSR count). The SMILES string of the molecule is CCOC(=O)Cc1ccnc2c1cc(OC)c1ccccc12. The number of esters is 1. The Balaban J connectivity index is 2.23. The minimum absolute atomic E-state index is 0.231. The number of methoxy groups -OCH3 is 1. The van der Waals surface area contributed by atoms with Crippen LogP contribution >= 0.6 is 0 Å². The van der Waals surface area contributed by atoms with E-state index in [1.807, 2.05) is 36.4 Å². The highest BCUT2D eigenvalue weighted by atomic mass is 16.5. The van der Waals surface area contributed by atoms with Gasteiger partial charge in [-0.2, -0.15) is 0 Å². The molecule has 4 nitrogen and oxygen atoms in total. The maximum Gasteiger partial charge on any atom is 0.310 e. The van der Waals surface area contributed by atoms with Gasteiger partial charge in [-0.3, -0.25) is 9.78 Å². The van der Waals surface area contributed by atoms with E-state index in [9.17, 15) is 4.79 Å². The Morgan fingerprint density at radius 3 is 2.64 bits per heavy atom. The number of pyridine rings is 1. The van der Waals surface area contributed by atoms with Crippen LogP contribution in [0, 0.1) is 0 Å². The topological polar surface area (TPSA) is 48.4 Å². The summed E-state index contributed by atoms with van der Waals surface area (Å²) in [4.78, 5) is 16.3. The van der Waals surface area contributed by atoms with Gasteiger partial charge in [-0.05, 0) is 24.6 Å². The fourth-order valence-electron chi connectivity index (χ4n) is 2.69. The minimum atomic E-state index is -0.234. The molecule has 0 aliphatic heterocycles. The molecule has 0 saturated carbocycles. The molecule has 1 heterocycles. The molecule has 0 aliphatic rings. The molecule has 0 amide bonds. The summed E-state index contributed by atoms with van der Waals surface area (Å²) in [6, 6.07) is 11.8. The van der Waals surface area contributed by atoms with Gasteiger partial charge in [-0.25, -0.2) is 0 Å². The molecule has 22 heavy (non-hydrogen) atoms. The van der Waals surface area contributed by atoms with Gasteiger partial charge in [0, 0.05) is 22.4 Å². The number of hydrogen-bond acceptors (Lipinski definition) is 4. The van der Waals surface area contributed by atoms with Crippen LogP contribution in [0.4, 0.5) is 0 Å². The van der Waals surface area contributed by atoms with Gasteiger partial charge in [0.25, 0.3) is 0 Å². The largest absolute Gasteiger partial charge is 0.496 e. The van der Waals surface area contributed by atoms with E-state index in [-0.39, 0.29) is 12.4 Å². The third-order valence-electron chi connectivity index (χ3n) is 3.66. The molecule has 1 aromatic heterocycles. The third kappa shape index (κ3) is 2.48. The molecular weight excluding hydrogens is 278 g/mol. The molecule has 0 N–H and O–H groups in total. The second-order valence-electron chi connectivity index (χ2n) is 4.97. The van der Waals surface area contributed by atoms with Gasteiger partial charge in [0.2, 0.25) is 0 Å². The molecule has 0 bridgehead atoms. The van der Waals surface area contributed by atoms with Crippen molar-refractivity contribution < 1.29 is 14.3 Å². The fourth-order valence-corrected chi connectivity index (χ4v) is 2.69. The zero-order chi connectivity index (χ0) is 15.5. The van der Waals surface area contributed by atoms with Gasteiger partial charge < -0.3 is 9.47 Å². The highest BCUT2D eigenvalue weighted by molar-refractivity contribution is 6.09. The van der Waals surface area contributed by atoms with Crippen LogP contribution in [0.2, 0.25) is 0 Å². The number of rotatable bonds is 4. The summed E-state index contributed by atoms with van der Waals surface area (Å²) in [6.07, 6.45) is 1.96. The summed E-state index contributed by atoms with van der Waals surface area (Å²) < 4.78 is 10.5. The van der Waals surface area contributed by atoms with Gasteiger partial charge >= 0.3 is 5.97 Å². The summed E-state index contributed by atoms with van der Waals surface area (Å²) in [6.45, 7) is 2.19. The van der Waals surface area contributed by atoms with Crippen molar-refractivity contribution in [2.24, 2.45) is 0 Å². The zero-order valence-corrected chi connectivity index (χ0v) is 12.6. The number of benzene rings is 2. The predicted octanol–water partition coefficient (Wildman–Crippen LogP) is 3.50. The fraction of sp³-hybridized carbons (Fsp3) is 0.222. The van der Waals surface area contributed by atoms with Crippen molar-refractivity contribution in [3.8, 4) is 5.75 Å². The molecule has 0 spiro atoms. The normalized spacial score (nSPS) is 10.8. The first-order chi connectivity index (χ1) is 10.7. The maximum atomic E-state index is 11.8. The van der Waals surface area contributed by atoms with E-state index in [2.05, 4.69) is 4.98 Å². The van der Waals surface area contributed by atoms with Crippen molar-refractivity contribution in [2.75, 3.05) is 13.7 Å². The first-order valence-corrected chi connectivity index (χ1v) is 7.23. The van der Waals surface area contributed by atoms with E-state index >= 15 is 0 Å². The van der Waals surface area contributed by atoms with Gasteiger partial charge in [0.05, 0.1) is 25.7 Å². The van der Waals surface area contributed by atoms with E-state index in [0.717, 1.165) is 33.0 Å². The average Bonchev–Trinajstić information content (AvgIpc) is 2.54. The lowest BCUT2D eigenvalue weighted by Gasteiger charge is -2.11. The first kappa shape index (κ1) is 14.3. The Hall–Kier alpha value is -2.62. The first-order valence-electron chi connectivity index (χ1n) is 7.23. The Kier molecular flexibility index (Phi) is 3.92. The van der Waals surface area contributed by atoms with E-state index < -0.39 is 0 Å². The molecule has 2 aromatic carbocycles. The zero-order valence-electron chi connectivity index (χ0n) is 12.6. The Bertz CT molecular complexity index is 842. The van der Waals surface area contributed by atoms with E-state index in [1.54, 1.807) is 20.2 Å². The summed E-state index contributed by atoms with van der Waals surface area (Å²) in [5.74, 6) is 0.545. The average molecular weight is 295 g/mol. The number of nitrogens with zero attached hydrogens (tertiary/aromatic N) is 1. The Morgan fingerprint density at radius 1 is 1.14 bits per heavy atom. The lowest BCUT2D eigenvalue weighted by molar-refractivity contribution is -0.142. The lowest BCUT2D eigenvalue weighted by Crippen LogP contribution is -2.08. The van der Waals surface area contributed by atoms with Crippen LogP contribution in [0.5, 0.6) is 5.75 Å². The molecule has 4 heteroatoms. The highest BCUT2D eigenvalue weighted by Crippen LogP contribution is 2.33. The van der Waals surface area contributed by atoms with Crippen molar-refractivity contribution in [3.05, 3.63) is 48.2 Å². The lowest BCUT2D eigenvalue weighted by atomic mass is 10.0. The second-order valence-corrected chi connectivity index (χ2v) is 4.97. The van der Waals surface area contributed by atoms with E-state index in [0.29, 0.717) is 6.61 Å².